The Bertz CT molecular complexity index is 747. The Morgan fingerprint density at radius 2 is 1.79 bits per heavy atom. The van der Waals surface area contributed by atoms with Crippen LogP contribution in [0.3, 0.4) is 0 Å². The molecule has 0 radical (unpaired) electrons. The molecule has 2 atom stereocenters. The molecule has 2 aromatic rings. The second-order valence-corrected chi connectivity index (χ2v) is 7.80. The fraction of sp³-hybridized carbons (Fsp3) is 0.609. The SMILES string of the molecule is CCCN(CCC)C(=O)CCCC(=O)NC(c1nc2ccccc2[nH]1)C(C)CC. The van der Waals surface area contributed by atoms with Gasteiger partial charge in [-0.05, 0) is 37.3 Å². The molecule has 6 nitrogen and oxygen atoms in total. The highest BCUT2D eigenvalue weighted by atomic mass is 16.2. The van der Waals surface area contributed by atoms with Crippen molar-refractivity contribution in [3.63, 3.8) is 0 Å². The van der Waals surface area contributed by atoms with Gasteiger partial charge in [-0.2, -0.15) is 0 Å². The first-order valence-corrected chi connectivity index (χ1v) is 11.0. The second-order valence-electron chi connectivity index (χ2n) is 7.80. The third-order valence-corrected chi connectivity index (χ3v) is 5.37. The average molecular weight is 401 g/mol. The number of imidazole rings is 1. The number of nitrogens with one attached hydrogen (secondary N) is 2. The minimum absolute atomic E-state index is 0.0268. The molecule has 2 N–H and O–H groups in total. The number of aromatic nitrogens is 2. The van der Waals surface area contributed by atoms with E-state index in [0.717, 1.165) is 49.2 Å². The van der Waals surface area contributed by atoms with Gasteiger partial charge in [-0.15, -0.1) is 0 Å². The van der Waals surface area contributed by atoms with Crippen molar-refractivity contribution in [3.8, 4) is 0 Å². The van der Waals surface area contributed by atoms with E-state index in [9.17, 15) is 9.59 Å². The first-order chi connectivity index (χ1) is 14.0. The van der Waals surface area contributed by atoms with Gasteiger partial charge in [-0.25, -0.2) is 4.98 Å². The zero-order valence-electron chi connectivity index (χ0n) is 18.3. The van der Waals surface area contributed by atoms with E-state index in [1.54, 1.807) is 0 Å². The van der Waals surface area contributed by atoms with Gasteiger partial charge in [-0.3, -0.25) is 9.59 Å². The summed E-state index contributed by atoms with van der Waals surface area (Å²) in [5.74, 6) is 1.17. The summed E-state index contributed by atoms with van der Waals surface area (Å²) in [7, 11) is 0. The number of carbonyl (C=O) groups excluding carboxylic acids is 2. The number of aromatic amines is 1. The number of hydrogen-bond donors (Lipinski definition) is 2. The predicted molar refractivity (Wildman–Crippen MR) is 117 cm³/mol. The molecule has 2 rings (SSSR count). The monoisotopic (exact) mass is 400 g/mol. The van der Waals surface area contributed by atoms with Crippen molar-refractivity contribution in [3.05, 3.63) is 30.1 Å². The molecule has 0 fully saturated rings. The van der Waals surface area contributed by atoms with Gasteiger partial charge >= 0.3 is 0 Å². The van der Waals surface area contributed by atoms with E-state index in [-0.39, 0.29) is 23.8 Å². The molecular weight excluding hydrogens is 364 g/mol. The minimum Gasteiger partial charge on any atom is -0.346 e. The Labute approximate surface area is 174 Å². The summed E-state index contributed by atoms with van der Waals surface area (Å²) < 4.78 is 0. The number of benzene rings is 1. The molecule has 0 aliphatic heterocycles. The summed E-state index contributed by atoms with van der Waals surface area (Å²) in [4.78, 5) is 34.9. The first-order valence-electron chi connectivity index (χ1n) is 11.0. The summed E-state index contributed by atoms with van der Waals surface area (Å²) in [6.07, 6.45) is 4.20. The normalized spacial score (nSPS) is 13.2. The van der Waals surface area contributed by atoms with Crippen molar-refractivity contribution >= 4 is 22.8 Å². The van der Waals surface area contributed by atoms with E-state index in [4.69, 9.17) is 0 Å². The maximum Gasteiger partial charge on any atom is 0.222 e. The number of amides is 2. The van der Waals surface area contributed by atoms with Gasteiger partial charge in [0.05, 0.1) is 17.1 Å². The molecule has 160 valence electrons. The summed E-state index contributed by atoms with van der Waals surface area (Å²) in [5.41, 5.74) is 1.88. The third kappa shape index (κ3) is 6.58. The largest absolute Gasteiger partial charge is 0.346 e. The molecule has 1 heterocycles. The molecule has 0 aliphatic carbocycles. The number of hydrogen-bond acceptors (Lipinski definition) is 3. The maximum absolute atomic E-state index is 12.6. The summed E-state index contributed by atoms with van der Waals surface area (Å²) in [5, 5.41) is 3.14. The molecular formula is C23H36N4O2. The summed E-state index contributed by atoms with van der Waals surface area (Å²) in [6.45, 7) is 9.98. The fourth-order valence-corrected chi connectivity index (χ4v) is 3.54. The van der Waals surface area contributed by atoms with Crippen LogP contribution in [0.15, 0.2) is 24.3 Å². The zero-order valence-corrected chi connectivity index (χ0v) is 18.3. The van der Waals surface area contributed by atoms with E-state index >= 15 is 0 Å². The third-order valence-electron chi connectivity index (χ3n) is 5.37. The summed E-state index contributed by atoms with van der Waals surface area (Å²) in [6, 6.07) is 7.73. The Kier molecular flexibility index (Phi) is 9.16. The quantitative estimate of drug-likeness (QED) is 0.547. The molecule has 0 saturated heterocycles. The van der Waals surface area contributed by atoms with E-state index in [1.165, 1.54) is 0 Å². The molecule has 2 unspecified atom stereocenters. The van der Waals surface area contributed by atoms with Crippen molar-refractivity contribution in [2.45, 2.75) is 72.3 Å². The fourth-order valence-electron chi connectivity index (χ4n) is 3.54. The van der Waals surface area contributed by atoms with Gasteiger partial charge < -0.3 is 15.2 Å². The van der Waals surface area contributed by atoms with E-state index < -0.39 is 0 Å². The van der Waals surface area contributed by atoms with Gasteiger partial charge in [0.15, 0.2) is 0 Å². The molecule has 0 bridgehead atoms. The molecule has 29 heavy (non-hydrogen) atoms. The van der Waals surface area contributed by atoms with Crippen LogP contribution >= 0.6 is 0 Å². The molecule has 0 saturated carbocycles. The molecule has 1 aromatic carbocycles. The lowest BCUT2D eigenvalue weighted by molar-refractivity contribution is -0.131. The number of carbonyl (C=O) groups is 2. The second kappa shape index (κ2) is 11.6. The van der Waals surface area contributed by atoms with Crippen LogP contribution < -0.4 is 5.32 Å². The number of nitrogens with zero attached hydrogens (tertiary/aromatic N) is 2. The Hall–Kier alpha value is -2.37. The Balaban J connectivity index is 1.94. The van der Waals surface area contributed by atoms with Crippen LogP contribution in [-0.2, 0) is 9.59 Å². The highest BCUT2D eigenvalue weighted by Crippen LogP contribution is 2.24. The average Bonchev–Trinajstić information content (AvgIpc) is 3.15. The number of rotatable bonds is 12. The number of fused-ring (bicyclic) bond motifs is 1. The molecule has 2 amide bonds. The molecule has 6 heteroatoms. The first kappa shape index (κ1) is 22.9. The minimum atomic E-state index is -0.160. The van der Waals surface area contributed by atoms with E-state index in [1.807, 2.05) is 29.2 Å². The maximum atomic E-state index is 12.6. The summed E-state index contributed by atoms with van der Waals surface area (Å²) >= 11 is 0. The lowest BCUT2D eigenvalue weighted by Gasteiger charge is -2.23. The van der Waals surface area contributed by atoms with Crippen molar-refractivity contribution in [1.82, 2.24) is 20.2 Å². The van der Waals surface area contributed by atoms with Crippen molar-refractivity contribution in [2.75, 3.05) is 13.1 Å². The van der Waals surface area contributed by atoms with Gasteiger partial charge in [0.2, 0.25) is 11.8 Å². The Morgan fingerprint density at radius 1 is 1.10 bits per heavy atom. The van der Waals surface area contributed by atoms with Crippen LogP contribution in [-0.4, -0.2) is 39.8 Å². The van der Waals surface area contributed by atoms with Gasteiger partial charge in [0.1, 0.15) is 5.82 Å². The van der Waals surface area contributed by atoms with Crippen molar-refractivity contribution < 1.29 is 9.59 Å². The van der Waals surface area contributed by atoms with Crippen LogP contribution in [0.1, 0.15) is 78.1 Å². The van der Waals surface area contributed by atoms with Gasteiger partial charge in [0.25, 0.3) is 0 Å². The Morgan fingerprint density at radius 3 is 2.41 bits per heavy atom. The van der Waals surface area contributed by atoms with E-state index in [0.29, 0.717) is 19.3 Å². The molecule has 0 aliphatic rings. The highest BCUT2D eigenvalue weighted by molar-refractivity contribution is 5.79. The lowest BCUT2D eigenvalue weighted by Crippen LogP contribution is -2.34. The predicted octanol–water partition coefficient (Wildman–Crippen LogP) is 4.59. The van der Waals surface area contributed by atoms with Crippen molar-refractivity contribution in [1.29, 1.82) is 0 Å². The zero-order chi connectivity index (χ0) is 21.2. The van der Waals surface area contributed by atoms with E-state index in [2.05, 4.69) is 43.0 Å². The molecule has 0 spiro atoms. The number of H-pyrrole nitrogens is 1. The smallest absolute Gasteiger partial charge is 0.222 e. The van der Waals surface area contributed by atoms with Gasteiger partial charge in [0, 0.05) is 25.9 Å². The van der Waals surface area contributed by atoms with Crippen LogP contribution in [0.5, 0.6) is 0 Å². The van der Waals surface area contributed by atoms with Crippen molar-refractivity contribution in [2.24, 2.45) is 5.92 Å². The molecule has 1 aromatic heterocycles. The number of para-hydroxylation sites is 2. The standard InChI is InChI=1S/C23H36N4O2/c1-5-15-27(16-6-2)21(29)14-10-13-20(28)26-22(17(4)7-3)23-24-18-11-8-9-12-19(18)25-23/h8-9,11-12,17,22H,5-7,10,13-16H2,1-4H3,(H,24,25)(H,26,28). The van der Waals surface area contributed by atoms with Gasteiger partial charge in [-0.1, -0.05) is 46.2 Å². The van der Waals surface area contributed by atoms with Crippen LogP contribution in [0, 0.1) is 5.92 Å². The van der Waals surface area contributed by atoms with Crippen LogP contribution in [0.2, 0.25) is 0 Å². The highest BCUT2D eigenvalue weighted by Gasteiger charge is 2.23. The lowest BCUT2D eigenvalue weighted by atomic mass is 9.98. The van der Waals surface area contributed by atoms with Crippen LogP contribution in [0.4, 0.5) is 0 Å². The van der Waals surface area contributed by atoms with Crippen LogP contribution in [0.25, 0.3) is 11.0 Å². The topological polar surface area (TPSA) is 78.1 Å².